The molecular formula is C30H37F2N7O2. The SMILES string of the molecule is COc1cc(N2CCC(N3CCN(C)CC3)CC2)ccc1Nc1cc(N2OCC[C@@H]2c2cccc(F)c2F)ncn1. The van der Waals surface area contributed by atoms with Gasteiger partial charge in [0.2, 0.25) is 0 Å². The van der Waals surface area contributed by atoms with Crippen LogP contribution in [0.2, 0.25) is 0 Å². The smallest absolute Gasteiger partial charge is 0.164 e. The molecule has 4 heterocycles. The van der Waals surface area contributed by atoms with Gasteiger partial charge in [-0.2, -0.15) is 0 Å². The monoisotopic (exact) mass is 565 g/mol. The summed E-state index contributed by atoms with van der Waals surface area (Å²) >= 11 is 0. The van der Waals surface area contributed by atoms with Crippen LogP contribution in [0.1, 0.15) is 30.9 Å². The van der Waals surface area contributed by atoms with Crippen LogP contribution in [-0.4, -0.2) is 85.8 Å². The summed E-state index contributed by atoms with van der Waals surface area (Å²) < 4.78 is 34.2. The number of anilines is 4. The Morgan fingerprint density at radius 1 is 0.951 bits per heavy atom. The summed E-state index contributed by atoms with van der Waals surface area (Å²) in [5, 5.41) is 4.85. The highest BCUT2D eigenvalue weighted by atomic mass is 19.2. The zero-order valence-corrected chi connectivity index (χ0v) is 23.6. The molecule has 1 aromatic heterocycles. The third kappa shape index (κ3) is 5.93. The molecule has 0 unspecified atom stereocenters. The molecule has 9 nitrogen and oxygen atoms in total. The van der Waals surface area contributed by atoms with E-state index in [1.54, 1.807) is 19.2 Å². The van der Waals surface area contributed by atoms with Crippen LogP contribution in [0.5, 0.6) is 5.75 Å². The lowest BCUT2D eigenvalue weighted by Gasteiger charge is -2.42. The maximum atomic E-state index is 14.6. The van der Waals surface area contributed by atoms with Gasteiger partial charge in [0.25, 0.3) is 0 Å². The lowest BCUT2D eigenvalue weighted by Crippen LogP contribution is -2.52. The van der Waals surface area contributed by atoms with Crippen molar-refractivity contribution in [2.45, 2.75) is 31.3 Å². The number of halogens is 2. The molecular weight excluding hydrogens is 528 g/mol. The average molecular weight is 566 g/mol. The van der Waals surface area contributed by atoms with Crippen molar-refractivity contribution in [1.29, 1.82) is 0 Å². The highest BCUT2D eigenvalue weighted by Crippen LogP contribution is 2.37. The molecule has 0 amide bonds. The molecule has 6 rings (SSSR count). The molecule has 0 radical (unpaired) electrons. The van der Waals surface area contributed by atoms with Gasteiger partial charge in [-0.05, 0) is 38.1 Å². The standard InChI is InChI=1S/C30H37F2N7O2/c1-36-13-15-38(16-14-36)21-8-11-37(12-9-21)22-6-7-25(27(18-22)40-2)35-28-19-29(34-20-33-28)39-26(10-17-41-39)23-4-3-5-24(31)30(23)32/h3-7,18-21,26H,8-17H2,1-2H3,(H,33,34,35)/t26-/m1/s1. The number of aromatic nitrogens is 2. The van der Waals surface area contributed by atoms with E-state index >= 15 is 0 Å². The maximum absolute atomic E-state index is 14.6. The van der Waals surface area contributed by atoms with Crippen molar-refractivity contribution in [3.05, 3.63) is 66.0 Å². The summed E-state index contributed by atoms with van der Waals surface area (Å²) in [6, 6.07) is 12.2. The minimum atomic E-state index is -0.880. The first kappa shape index (κ1) is 27.6. The largest absolute Gasteiger partial charge is 0.494 e. The number of likely N-dealkylation sites (N-methyl/N-ethyl adjacent to an activating group) is 1. The van der Waals surface area contributed by atoms with Gasteiger partial charge >= 0.3 is 0 Å². The summed E-state index contributed by atoms with van der Waals surface area (Å²) in [5.74, 6) is -0.0559. The lowest BCUT2D eigenvalue weighted by molar-refractivity contribution is 0.0982. The van der Waals surface area contributed by atoms with Crippen LogP contribution in [0, 0.1) is 11.6 Å². The highest BCUT2D eigenvalue weighted by Gasteiger charge is 2.32. The average Bonchev–Trinajstić information content (AvgIpc) is 3.49. The molecule has 2 aromatic carbocycles. The second-order valence-corrected chi connectivity index (χ2v) is 10.9. The van der Waals surface area contributed by atoms with Gasteiger partial charge in [-0.15, -0.1) is 0 Å². The molecule has 11 heteroatoms. The van der Waals surface area contributed by atoms with Crippen molar-refractivity contribution in [3.63, 3.8) is 0 Å². The van der Waals surface area contributed by atoms with Crippen molar-refractivity contribution >= 4 is 23.0 Å². The molecule has 3 aromatic rings. The van der Waals surface area contributed by atoms with Crippen LogP contribution < -0.4 is 20.0 Å². The van der Waals surface area contributed by atoms with Crippen LogP contribution >= 0.6 is 0 Å². The van der Waals surface area contributed by atoms with Gasteiger partial charge in [-0.25, -0.2) is 23.8 Å². The topological polar surface area (TPSA) is 69.2 Å². The normalized spacial score (nSPS) is 20.9. The number of piperazine rings is 1. The van der Waals surface area contributed by atoms with Crippen molar-refractivity contribution < 1.29 is 18.4 Å². The van der Waals surface area contributed by atoms with Gasteiger partial charge in [-0.1, -0.05) is 12.1 Å². The Labute approximate surface area is 239 Å². The number of piperidine rings is 1. The zero-order chi connectivity index (χ0) is 28.3. The van der Waals surface area contributed by atoms with Crippen molar-refractivity contribution in [2.24, 2.45) is 0 Å². The molecule has 218 valence electrons. The van der Waals surface area contributed by atoms with Crippen molar-refractivity contribution in [2.75, 3.05) is 75.3 Å². The van der Waals surface area contributed by atoms with Gasteiger partial charge in [-0.3, -0.25) is 9.74 Å². The van der Waals surface area contributed by atoms with E-state index in [2.05, 4.69) is 49.2 Å². The van der Waals surface area contributed by atoms with E-state index in [0.717, 1.165) is 69.6 Å². The minimum absolute atomic E-state index is 0.237. The summed E-state index contributed by atoms with van der Waals surface area (Å²) in [6.07, 6.45) is 4.25. The molecule has 0 bridgehead atoms. The summed E-state index contributed by atoms with van der Waals surface area (Å²) in [6.45, 7) is 7.03. The second-order valence-electron chi connectivity index (χ2n) is 10.9. The number of hydrogen-bond acceptors (Lipinski definition) is 9. The first-order valence-corrected chi connectivity index (χ1v) is 14.3. The zero-order valence-electron chi connectivity index (χ0n) is 23.6. The molecule has 3 aliphatic rings. The minimum Gasteiger partial charge on any atom is -0.494 e. The fraction of sp³-hybridized carbons (Fsp3) is 0.467. The number of hydroxylamine groups is 1. The van der Waals surface area contributed by atoms with E-state index in [1.165, 1.54) is 17.5 Å². The van der Waals surface area contributed by atoms with Crippen molar-refractivity contribution in [3.8, 4) is 5.75 Å². The predicted octanol–water partition coefficient (Wildman–Crippen LogP) is 4.61. The summed E-state index contributed by atoms with van der Waals surface area (Å²) in [7, 11) is 3.86. The van der Waals surface area contributed by atoms with Crippen LogP contribution in [0.15, 0.2) is 48.8 Å². The van der Waals surface area contributed by atoms with Gasteiger partial charge in [0.1, 0.15) is 17.9 Å². The Morgan fingerprint density at radius 2 is 1.76 bits per heavy atom. The van der Waals surface area contributed by atoms with Crippen molar-refractivity contribution in [1.82, 2.24) is 19.8 Å². The van der Waals surface area contributed by atoms with Gasteiger partial charge < -0.3 is 19.9 Å². The maximum Gasteiger partial charge on any atom is 0.164 e. The fourth-order valence-corrected chi connectivity index (χ4v) is 6.09. The Kier molecular flexibility index (Phi) is 8.18. The number of nitrogens with zero attached hydrogens (tertiary/aromatic N) is 6. The Morgan fingerprint density at radius 3 is 2.54 bits per heavy atom. The van der Waals surface area contributed by atoms with E-state index in [-0.39, 0.29) is 5.56 Å². The highest BCUT2D eigenvalue weighted by molar-refractivity contribution is 5.70. The molecule has 3 saturated heterocycles. The Balaban J connectivity index is 1.13. The van der Waals surface area contributed by atoms with E-state index in [9.17, 15) is 8.78 Å². The molecule has 0 spiro atoms. The third-order valence-corrected chi connectivity index (χ3v) is 8.46. The molecule has 0 saturated carbocycles. The number of rotatable bonds is 7. The number of nitrogens with one attached hydrogen (secondary N) is 1. The first-order chi connectivity index (χ1) is 20.0. The molecule has 3 aliphatic heterocycles. The van der Waals surface area contributed by atoms with Crippen LogP contribution in [-0.2, 0) is 4.84 Å². The third-order valence-electron chi connectivity index (χ3n) is 8.46. The number of ether oxygens (including phenoxy) is 1. The van der Waals surface area contributed by atoms with Crippen LogP contribution in [0.3, 0.4) is 0 Å². The number of methoxy groups -OCH3 is 1. The van der Waals surface area contributed by atoms with Gasteiger partial charge in [0, 0.05) is 75.1 Å². The van der Waals surface area contributed by atoms with Crippen LogP contribution in [0.25, 0.3) is 0 Å². The number of hydrogen-bond donors (Lipinski definition) is 1. The molecule has 0 aliphatic carbocycles. The first-order valence-electron chi connectivity index (χ1n) is 14.3. The summed E-state index contributed by atoms with van der Waals surface area (Å²) in [4.78, 5) is 22.0. The van der Waals surface area contributed by atoms with Crippen LogP contribution in [0.4, 0.5) is 31.8 Å². The Hall–Kier alpha value is -3.54. The Bertz CT molecular complexity index is 1350. The molecule has 3 fully saturated rings. The molecule has 1 atom stereocenters. The second kappa shape index (κ2) is 12.1. The van der Waals surface area contributed by atoms with E-state index in [0.29, 0.717) is 36.5 Å². The van der Waals surface area contributed by atoms with E-state index < -0.39 is 17.7 Å². The summed E-state index contributed by atoms with van der Waals surface area (Å²) in [5.41, 5.74) is 2.14. The van der Waals surface area contributed by atoms with Gasteiger partial charge in [0.15, 0.2) is 17.5 Å². The number of benzene rings is 2. The lowest BCUT2D eigenvalue weighted by atomic mass is 10.0. The quantitative estimate of drug-likeness (QED) is 0.443. The van der Waals surface area contributed by atoms with E-state index in [1.807, 2.05) is 6.07 Å². The molecule has 1 N–H and O–H groups in total. The fourth-order valence-electron chi connectivity index (χ4n) is 6.09. The van der Waals surface area contributed by atoms with Gasteiger partial charge in [0.05, 0.1) is 25.4 Å². The molecule has 41 heavy (non-hydrogen) atoms. The van der Waals surface area contributed by atoms with E-state index in [4.69, 9.17) is 9.57 Å². The predicted molar refractivity (Wildman–Crippen MR) is 155 cm³/mol.